The first kappa shape index (κ1) is 18.3. The van der Waals surface area contributed by atoms with E-state index >= 15 is 0 Å². The molecule has 11 heteroatoms. The number of pyridine rings is 2. The Morgan fingerprint density at radius 3 is 2.85 bits per heavy atom. The molecular weight excluding hydrogens is 383 g/mol. The van der Waals surface area contributed by atoms with Crippen molar-refractivity contribution in [1.29, 1.82) is 0 Å². The number of fused-ring (bicyclic) bond motifs is 3. The van der Waals surface area contributed by atoms with Gasteiger partial charge in [0, 0.05) is 48.0 Å². The Bertz CT molecular complexity index is 977. The summed E-state index contributed by atoms with van der Waals surface area (Å²) >= 11 is 0. The Morgan fingerprint density at radius 2 is 2.07 bits per heavy atom. The molecule has 0 bridgehead atoms. The van der Waals surface area contributed by atoms with Crippen LogP contribution in [0.15, 0.2) is 30.7 Å². The lowest BCUT2D eigenvalue weighted by Crippen LogP contribution is -2.48. The average Bonchev–Trinajstić information content (AvgIpc) is 3.09. The molecule has 7 nitrogen and oxygen atoms in total. The van der Waals surface area contributed by atoms with Crippen LogP contribution in [0.2, 0.25) is 0 Å². The Hall–Kier alpha value is -2.08. The third-order valence-corrected chi connectivity index (χ3v) is 5.99. The molecule has 0 spiro atoms. The zero-order valence-corrected chi connectivity index (χ0v) is 14.9. The lowest BCUT2D eigenvalue weighted by Gasteiger charge is -2.42. The van der Waals surface area contributed by atoms with E-state index in [1.165, 1.54) is 0 Å². The first-order chi connectivity index (χ1) is 12.8. The molecular formula is C16H18F3N5O2S. The van der Waals surface area contributed by atoms with Gasteiger partial charge in [-0.25, -0.2) is 14.7 Å². The fourth-order valence-electron chi connectivity index (χ4n) is 3.49. The van der Waals surface area contributed by atoms with Crippen molar-refractivity contribution in [2.45, 2.75) is 24.4 Å². The molecule has 0 amide bonds. The van der Waals surface area contributed by atoms with Crippen LogP contribution in [-0.2, 0) is 0 Å². The number of piperidine rings is 1. The molecule has 4 N–H and O–H groups in total. The normalized spacial score (nSPS) is 19.7. The number of aromatic nitrogens is 3. The molecule has 1 fully saturated rings. The van der Waals surface area contributed by atoms with Crippen LogP contribution in [0, 0.1) is 0 Å². The monoisotopic (exact) mass is 401 g/mol. The smallest absolute Gasteiger partial charge is 0.369 e. The topological polar surface area (TPSA) is 97.3 Å². The Morgan fingerprint density at radius 1 is 1.26 bits per heavy atom. The van der Waals surface area contributed by atoms with Gasteiger partial charge in [0.2, 0.25) is 0 Å². The molecule has 4 heterocycles. The van der Waals surface area contributed by atoms with Crippen LogP contribution in [0.4, 0.5) is 18.9 Å². The van der Waals surface area contributed by atoms with Crippen LogP contribution in [0.3, 0.4) is 0 Å². The molecule has 4 rings (SSSR count). The van der Waals surface area contributed by atoms with Crippen molar-refractivity contribution in [3.8, 4) is 0 Å². The van der Waals surface area contributed by atoms with Crippen LogP contribution < -0.4 is 9.62 Å². The minimum absolute atomic E-state index is 0.225. The Balaban J connectivity index is 1.67. The summed E-state index contributed by atoms with van der Waals surface area (Å²) in [6.07, 6.45) is 6.13. The van der Waals surface area contributed by atoms with Gasteiger partial charge in [-0.2, -0.15) is 13.2 Å². The lowest BCUT2D eigenvalue weighted by atomic mass is 10.0. The van der Waals surface area contributed by atoms with Crippen molar-refractivity contribution in [2.75, 3.05) is 18.0 Å². The van der Waals surface area contributed by atoms with Gasteiger partial charge < -0.3 is 9.88 Å². The van der Waals surface area contributed by atoms with Crippen LogP contribution in [-0.4, -0.2) is 48.7 Å². The molecule has 1 unspecified atom stereocenters. The highest BCUT2D eigenvalue weighted by molar-refractivity contribution is 8.23. The minimum atomic E-state index is -5.09. The van der Waals surface area contributed by atoms with Crippen molar-refractivity contribution in [3.05, 3.63) is 30.7 Å². The molecule has 1 aliphatic rings. The van der Waals surface area contributed by atoms with E-state index in [-0.39, 0.29) is 6.54 Å². The number of H-pyrrole nitrogens is 1. The number of hydrogen-bond acceptors (Lipinski definition) is 6. The Kier molecular flexibility index (Phi) is 4.41. The van der Waals surface area contributed by atoms with E-state index in [0.29, 0.717) is 25.0 Å². The van der Waals surface area contributed by atoms with Crippen molar-refractivity contribution in [1.82, 2.24) is 19.7 Å². The molecule has 3 aromatic heterocycles. The number of anilines is 1. The van der Waals surface area contributed by atoms with Crippen LogP contribution in [0.25, 0.3) is 21.9 Å². The van der Waals surface area contributed by atoms with E-state index in [2.05, 4.69) is 15.0 Å². The summed E-state index contributed by atoms with van der Waals surface area (Å²) in [4.78, 5) is 13.6. The summed E-state index contributed by atoms with van der Waals surface area (Å²) in [5.41, 5.74) is -2.86. The molecule has 1 aliphatic heterocycles. The Labute approximate surface area is 154 Å². The predicted octanol–water partition coefficient (Wildman–Crippen LogP) is 3.85. The second kappa shape index (κ2) is 6.51. The van der Waals surface area contributed by atoms with Gasteiger partial charge in [0.1, 0.15) is 0 Å². The highest BCUT2D eigenvalue weighted by Gasteiger charge is 2.47. The third kappa shape index (κ3) is 3.31. The maximum absolute atomic E-state index is 12.8. The fraction of sp³-hybridized carbons (Fsp3) is 0.375. The quantitative estimate of drug-likeness (QED) is 0.532. The van der Waals surface area contributed by atoms with E-state index in [0.717, 1.165) is 22.0 Å². The number of halogens is 3. The van der Waals surface area contributed by atoms with Crippen molar-refractivity contribution < 1.29 is 22.3 Å². The molecule has 27 heavy (non-hydrogen) atoms. The number of alkyl halides is 3. The largest absolute Gasteiger partial charge is 0.509 e. The molecule has 0 radical (unpaired) electrons. The molecule has 3 aromatic rings. The standard InChI is InChI=1S/C16H18F3N5O2S/c17-16(18,19)27(25,26)23-10-2-1-7-24(9-10)13-4-6-20-12-8-22-15-11(14(12)13)3-5-21-15/h3-6,8,10,20,23,25-26H,1-2,7,9H2. The van der Waals surface area contributed by atoms with Crippen molar-refractivity contribution in [2.24, 2.45) is 0 Å². The van der Waals surface area contributed by atoms with Crippen LogP contribution >= 0.6 is 10.8 Å². The fourth-order valence-corrected chi connectivity index (χ4v) is 4.28. The third-order valence-electron chi connectivity index (χ3n) is 4.69. The van der Waals surface area contributed by atoms with Gasteiger partial charge in [-0.15, -0.1) is 0 Å². The highest BCUT2D eigenvalue weighted by atomic mass is 32.3. The number of aromatic amines is 1. The van der Waals surface area contributed by atoms with E-state index in [1.807, 2.05) is 21.8 Å². The van der Waals surface area contributed by atoms with Crippen LogP contribution in [0.1, 0.15) is 12.8 Å². The predicted molar refractivity (Wildman–Crippen MR) is 98.7 cm³/mol. The SMILES string of the molecule is OS(O)(NC1CCCN(c2cc[nH]c3cnc4nccc4c23)C1)C(F)(F)F. The van der Waals surface area contributed by atoms with E-state index in [4.69, 9.17) is 0 Å². The van der Waals surface area contributed by atoms with Crippen LogP contribution in [0.5, 0.6) is 0 Å². The molecule has 1 saturated heterocycles. The van der Waals surface area contributed by atoms with Crippen molar-refractivity contribution in [3.63, 3.8) is 0 Å². The summed E-state index contributed by atoms with van der Waals surface area (Å²) in [5.74, 6) is 0. The average molecular weight is 401 g/mol. The van der Waals surface area contributed by atoms with Crippen molar-refractivity contribution >= 4 is 38.4 Å². The summed E-state index contributed by atoms with van der Waals surface area (Å²) in [6.45, 7) is 0.878. The zero-order valence-electron chi connectivity index (χ0n) is 14.1. The van der Waals surface area contributed by atoms with Gasteiger partial charge in [-0.3, -0.25) is 9.11 Å². The molecule has 0 aromatic carbocycles. The molecule has 1 atom stereocenters. The molecule has 0 aliphatic carbocycles. The number of nitrogens with zero attached hydrogens (tertiary/aromatic N) is 3. The number of hydrogen-bond donors (Lipinski definition) is 4. The van der Waals surface area contributed by atoms with Gasteiger partial charge in [0.25, 0.3) is 0 Å². The first-order valence-electron chi connectivity index (χ1n) is 8.34. The summed E-state index contributed by atoms with van der Waals surface area (Å²) in [5, 5.41) is 1.75. The molecule has 146 valence electrons. The highest BCUT2D eigenvalue weighted by Crippen LogP contribution is 2.52. The van der Waals surface area contributed by atoms with E-state index in [9.17, 15) is 22.3 Å². The van der Waals surface area contributed by atoms with E-state index < -0.39 is 22.3 Å². The summed E-state index contributed by atoms with van der Waals surface area (Å²) in [7, 11) is -4.87. The van der Waals surface area contributed by atoms with Gasteiger partial charge in [0.05, 0.1) is 11.7 Å². The first-order valence-corrected chi connectivity index (χ1v) is 9.88. The van der Waals surface area contributed by atoms with E-state index in [1.54, 1.807) is 18.6 Å². The zero-order chi connectivity index (χ0) is 19.2. The maximum atomic E-state index is 12.8. The number of nitrogens with one attached hydrogen (secondary N) is 2. The summed E-state index contributed by atoms with van der Waals surface area (Å²) in [6, 6.07) is 3.01. The van der Waals surface area contributed by atoms with Gasteiger partial charge in [-0.05, 0) is 35.8 Å². The maximum Gasteiger partial charge on any atom is 0.509 e. The minimum Gasteiger partial charge on any atom is -0.369 e. The van der Waals surface area contributed by atoms with Gasteiger partial charge in [0.15, 0.2) is 5.65 Å². The second-order valence-corrected chi connectivity index (χ2v) is 8.29. The lowest BCUT2D eigenvalue weighted by molar-refractivity contribution is -0.0547. The summed E-state index contributed by atoms with van der Waals surface area (Å²) < 4.78 is 59.2. The molecule has 0 saturated carbocycles. The number of rotatable bonds is 3. The van der Waals surface area contributed by atoms with Gasteiger partial charge in [-0.1, -0.05) is 0 Å². The second-order valence-electron chi connectivity index (χ2n) is 6.49. The van der Waals surface area contributed by atoms with Gasteiger partial charge >= 0.3 is 5.51 Å².